The van der Waals surface area contributed by atoms with Gasteiger partial charge in [0.1, 0.15) is 12.7 Å². The molecule has 0 radical (unpaired) electrons. The zero-order valence-corrected chi connectivity index (χ0v) is 9.37. The molecule has 6 nitrogen and oxygen atoms in total. The summed E-state index contributed by atoms with van der Waals surface area (Å²) in [4.78, 5) is 2.21. The van der Waals surface area contributed by atoms with Crippen molar-refractivity contribution >= 4 is 16.5 Å². The van der Waals surface area contributed by atoms with Crippen LogP contribution in [0.5, 0.6) is 5.19 Å². The predicted molar refractivity (Wildman–Crippen MR) is 57.1 cm³/mol. The minimum Gasteiger partial charge on any atom is -0.466 e. The lowest BCUT2D eigenvalue weighted by Gasteiger charge is -2.29. The maximum absolute atomic E-state index is 5.54. The van der Waals surface area contributed by atoms with Gasteiger partial charge < -0.3 is 20.1 Å². The first-order valence-electron chi connectivity index (χ1n) is 4.76. The minimum absolute atomic E-state index is 0.105. The lowest BCUT2D eigenvalue weighted by Crippen LogP contribution is -2.42. The fraction of sp³-hybridized carbons (Fsp3) is 0.750. The molecule has 0 bridgehead atoms. The number of likely N-dealkylation sites (N-methyl/N-ethyl adjacent to an activating group) is 1. The summed E-state index contributed by atoms with van der Waals surface area (Å²) in [5.41, 5.74) is 5.43. The van der Waals surface area contributed by atoms with Crippen molar-refractivity contribution < 1.29 is 9.47 Å². The van der Waals surface area contributed by atoms with Gasteiger partial charge in [0, 0.05) is 13.1 Å². The van der Waals surface area contributed by atoms with E-state index in [4.69, 9.17) is 15.2 Å². The Kier molecular flexibility index (Phi) is 3.34. The van der Waals surface area contributed by atoms with Gasteiger partial charge in [-0.15, -0.1) is 5.10 Å². The summed E-state index contributed by atoms with van der Waals surface area (Å²) >= 11 is 1.24. The zero-order chi connectivity index (χ0) is 10.7. The van der Waals surface area contributed by atoms with Crippen LogP contribution < -0.4 is 10.5 Å². The van der Waals surface area contributed by atoms with Crippen LogP contribution in [0.25, 0.3) is 0 Å². The van der Waals surface area contributed by atoms with Crippen LogP contribution in [0.15, 0.2) is 0 Å². The third-order valence-electron chi connectivity index (χ3n) is 2.16. The monoisotopic (exact) mass is 230 g/mol. The number of rotatable bonds is 3. The molecule has 1 aromatic rings. The van der Waals surface area contributed by atoms with E-state index >= 15 is 0 Å². The zero-order valence-electron chi connectivity index (χ0n) is 8.55. The maximum Gasteiger partial charge on any atom is 0.295 e. The van der Waals surface area contributed by atoms with Crippen molar-refractivity contribution in [2.75, 3.05) is 39.1 Å². The molecule has 0 aliphatic carbocycles. The fourth-order valence-electron chi connectivity index (χ4n) is 1.41. The molecule has 0 saturated carbocycles. The number of nitrogens with two attached hydrogens (primary N) is 1. The summed E-state index contributed by atoms with van der Waals surface area (Å²) in [6.45, 7) is 3.11. The molecule has 0 amide bonds. The average molecular weight is 230 g/mol. The Balaban J connectivity index is 1.77. The number of hydrogen-bond donors (Lipinski definition) is 1. The second-order valence-electron chi connectivity index (χ2n) is 3.47. The van der Waals surface area contributed by atoms with Gasteiger partial charge >= 0.3 is 0 Å². The number of anilines is 1. The Labute approximate surface area is 92.0 Å². The Hall–Kier alpha value is -0.920. The lowest BCUT2D eigenvalue weighted by molar-refractivity contribution is -0.0404. The van der Waals surface area contributed by atoms with Crippen LogP contribution in [0.3, 0.4) is 0 Å². The highest BCUT2D eigenvalue weighted by Crippen LogP contribution is 2.19. The predicted octanol–water partition coefficient (Wildman–Crippen LogP) is -0.170. The van der Waals surface area contributed by atoms with E-state index in [0.717, 1.165) is 19.7 Å². The van der Waals surface area contributed by atoms with Crippen molar-refractivity contribution in [1.82, 2.24) is 15.1 Å². The van der Waals surface area contributed by atoms with Crippen LogP contribution in [0.4, 0.5) is 5.13 Å². The first-order valence-corrected chi connectivity index (χ1v) is 5.57. The Morgan fingerprint density at radius 1 is 1.67 bits per heavy atom. The third kappa shape index (κ3) is 3.01. The van der Waals surface area contributed by atoms with Gasteiger partial charge in [-0.1, -0.05) is 5.10 Å². The van der Waals surface area contributed by atoms with Crippen molar-refractivity contribution in [2.24, 2.45) is 0 Å². The highest BCUT2D eigenvalue weighted by atomic mass is 32.1. The van der Waals surface area contributed by atoms with E-state index in [-0.39, 0.29) is 6.10 Å². The van der Waals surface area contributed by atoms with Gasteiger partial charge in [0.25, 0.3) is 5.19 Å². The Bertz CT molecular complexity index is 319. The number of ether oxygens (including phenoxy) is 2. The topological polar surface area (TPSA) is 73.5 Å². The molecule has 1 aliphatic rings. The van der Waals surface area contributed by atoms with Crippen LogP contribution in [0.2, 0.25) is 0 Å². The first-order chi connectivity index (χ1) is 7.24. The normalized spacial score (nSPS) is 22.9. The number of nitrogens with zero attached hydrogens (tertiary/aromatic N) is 3. The smallest absolute Gasteiger partial charge is 0.295 e. The van der Waals surface area contributed by atoms with E-state index in [1.807, 2.05) is 0 Å². The molecule has 2 rings (SSSR count). The van der Waals surface area contributed by atoms with E-state index in [0.29, 0.717) is 16.9 Å². The van der Waals surface area contributed by atoms with Gasteiger partial charge in [-0.05, 0) is 18.4 Å². The van der Waals surface area contributed by atoms with Crippen molar-refractivity contribution in [2.45, 2.75) is 6.10 Å². The standard InChI is InChI=1S/C8H14N4O2S/c1-12-2-3-13-6(4-12)5-14-8-11-10-7(9)15-8/h6H,2-5H2,1H3,(H2,9,10)/t6-/m1/s1. The molecule has 0 aromatic carbocycles. The molecule has 1 aromatic heterocycles. The highest BCUT2D eigenvalue weighted by molar-refractivity contribution is 7.16. The Morgan fingerprint density at radius 2 is 2.53 bits per heavy atom. The quantitative estimate of drug-likeness (QED) is 0.777. The van der Waals surface area contributed by atoms with Crippen molar-refractivity contribution in [3.05, 3.63) is 0 Å². The van der Waals surface area contributed by atoms with Crippen LogP contribution in [-0.2, 0) is 4.74 Å². The summed E-state index contributed by atoms with van der Waals surface area (Å²) < 4.78 is 11.0. The summed E-state index contributed by atoms with van der Waals surface area (Å²) in [5.74, 6) is 0. The van der Waals surface area contributed by atoms with Crippen LogP contribution in [0.1, 0.15) is 0 Å². The van der Waals surface area contributed by atoms with Gasteiger partial charge in [-0.3, -0.25) is 0 Å². The molecule has 1 fully saturated rings. The lowest BCUT2D eigenvalue weighted by atomic mass is 10.3. The van der Waals surface area contributed by atoms with E-state index in [1.54, 1.807) is 0 Å². The van der Waals surface area contributed by atoms with E-state index in [9.17, 15) is 0 Å². The molecule has 0 spiro atoms. The SMILES string of the molecule is CN1CCO[C@@H](COc2nnc(N)s2)C1. The molecule has 84 valence electrons. The summed E-state index contributed by atoms with van der Waals surface area (Å²) in [7, 11) is 2.07. The second-order valence-corrected chi connectivity index (χ2v) is 4.44. The van der Waals surface area contributed by atoms with Crippen molar-refractivity contribution in [1.29, 1.82) is 0 Å². The summed E-state index contributed by atoms with van der Waals surface area (Å²) in [6.07, 6.45) is 0.105. The molecule has 7 heteroatoms. The number of aromatic nitrogens is 2. The maximum atomic E-state index is 5.54. The highest BCUT2D eigenvalue weighted by Gasteiger charge is 2.18. The minimum atomic E-state index is 0.105. The molecule has 0 unspecified atom stereocenters. The van der Waals surface area contributed by atoms with E-state index < -0.39 is 0 Å². The second kappa shape index (κ2) is 4.73. The van der Waals surface area contributed by atoms with E-state index in [1.165, 1.54) is 11.3 Å². The largest absolute Gasteiger partial charge is 0.466 e. The fourth-order valence-corrected chi connectivity index (χ4v) is 1.88. The summed E-state index contributed by atoms with van der Waals surface area (Å²) in [5, 5.41) is 8.36. The van der Waals surface area contributed by atoms with Crippen LogP contribution in [0, 0.1) is 0 Å². The van der Waals surface area contributed by atoms with Crippen molar-refractivity contribution in [3.63, 3.8) is 0 Å². The molecular weight excluding hydrogens is 216 g/mol. The molecule has 1 atom stereocenters. The molecule has 1 saturated heterocycles. The third-order valence-corrected chi connectivity index (χ3v) is 2.82. The van der Waals surface area contributed by atoms with Gasteiger partial charge in [0.15, 0.2) is 0 Å². The van der Waals surface area contributed by atoms with Crippen LogP contribution in [-0.4, -0.2) is 54.6 Å². The molecule has 1 aliphatic heterocycles. The molecule has 2 heterocycles. The molecule has 15 heavy (non-hydrogen) atoms. The van der Waals surface area contributed by atoms with Crippen LogP contribution >= 0.6 is 11.3 Å². The van der Waals surface area contributed by atoms with Gasteiger partial charge in [0.05, 0.1) is 6.61 Å². The number of nitrogen functional groups attached to an aromatic ring is 1. The Morgan fingerprint density at radius 3 is 3.20 bits per heavy atom. The average Bonchev–Trinajstić information content (AvgIpc) is 2.62. The molecule has 2 N–H and O–H groups in total. The number of hydrogen-bond acceptors (Lipinski definition) is 7. The van der Waals surface area contributed by atoms with Gasteiger partial charge in [-0.2, -0.15) is 0 Å². The summed E-state index contributed by atoms with van der Waals surface area (Å²) in [6, 6.07) is 0. The first kappa shape index (κ1) is 10.6. The van der Waals surface area contributed by atoms with Gasteiger partial charge in [-0.25, -0.2) is 0 Å². The van der Waals surface area contributed by atoms with E-state index in [2.05, 4.69) is 22.1 Å². The van der Waals surface area contributed by atoms with Gasteiger partial charge in [0.2, 0.25) is 5.13 Å². The number of morpholine rings is 1. The molecular formula is C8H14N4O2S. The van der Waals surface area contributed by atoms with Crippen molar-refractivity contribution in [3.8, 4) is 5.19 Å².